The van der Waals surface area contributed by atoms with Gasteiger partial charge in [0, 0.05) is 20.1 Å². The van der Waals surface area contributed by atoms with Gasteiger partial charge in [0.05, 0.1) is 6.54 Å². The number of nitrogens with one attached hydrogen (secondary N) is 1. The molecule has 2 rings (SSSR count). The van der Waals surface area contributed by atoms with E-state index in [9.17, 15) is 0 Å². The van der Waals surface area contributed by atoms with Crippen molar-refractivity contribution in [3.8, 4) is 0 Å². The summed E-state index contributed by atoms with van der Waals surface area (Å²) in [4.78, 5) is 6.73. The maximum Gasteiger partial charge on any atom is 0.193 e. The zero-order chi connectivity index (χ0) is 11.4. The second kappa shape index (κ2) is 5.07. The van der Waals surface area contributed by atoms with Crippen LogP contribution in [0.3, 0.4) is 0 Å². The largest absolute Gasteiger partial charge is 0.356 e. The highest BCUT2D eigenvalue weighted by atomic mass is 15.3. The van der Waals surface area contributed by atoms with Crippen LogP contribution in [-0.4, -0.2) is 37.5 Å². The summed E-state index contributed by atoms with van der Waals surface area (Å²) < 4.78 is 0. The van der Waals surface area contributed by atoms with Crippen LogP contribution in [-0.2, 0) is 0 Å². The summed E-state index contributed by atoms with van der Waals surface area (Å²) in [5.41, 5.74) is 0.546. The molecule has 3 heteroatoms. The molecule has 1 aliphatic heterocycles. The van der Waals surface area contributed by atoms with Crippen molar-refractivity contribution >= 4 is 5.96 Å². The molecule has 1 aliphatic carbocycles. The van der Waals surface area contributed by atoms with Gasteiger partial charge in [-0.05, 0) is 24.7 Å². The van der Waals surface area contributed by atoms with Crippen LogP contribution < -0.4 is 5.32 Å². The van der Waals surface area contributed by atoms with Crippen LogP contribution in [0.2, 0.25) is 0 Å². The highest BCUT2D eigenvalue weighted by molar-refractivity contribution is 5.81. The van der Waals surface area contributed by atoms with E-state index in [4.69, 9.17) is 0 Å². The van der Waals surface area contributed by atoms with E-state index in [1.807, 2.05) is 0 Å². The summed E-state index contributed by atoms with van der Waals surface area (Å²) in [6.45, 7) is 5.49. The zero-order valence-electron chi connectivity index (χ0n) is 10.8. The normalized spacial score (nSPS) is 24.4. The van der Waals surface area contributed by atoms with Gasteiger partial charge < -0.3 is 10.2 Å². The number of likely N-dealkylation sites (N-methyl/N-ethyl adjacent to an activating group) is 1. The van der Waals surface area contributed by atoms with E-state index in [-0.39, 0.29) is 0 Å². The van der Waals surface area contributed by atoms with Gasteiger partial charge in [0.25, 0.3) is 0 Å². The Morgan fingerprint density at radius 3 is 2.62 bits per heavy atom. The molecule has 1 N–H and O–H groups in total. The van der Waals surface area contributed by atoms with Gasteiger partial charge in [-0.3, -0.25) is 4.99 Å². The molecule has 16 heavy (non-hydrogen) atoms. The van der Waals surface area contributed by atoms with Crippen LogP contribution in [0, 0.1) is 5.41 Å². The van der Waals surface area contributed by atoms with Crippen molar-refractivity contribution in [1.82, 2.24) is 10.2 Å². The molecule has 0 spiro atoms. The topological polar surface area (TPSA) is 27.6 Å². The number of aliphatic imine (C=N–C) groups is 1. The van der Waals surface area contributed by atoms with Crippen molar-refractivity contribution in [2.45, 2.75) is 45.4 Å². The van der Waals surface area contributed by atoms with Gasteiger partial charge in [-0.25, -0.2) is 0 Å². The standard InChI is InChI=1S/C13H25N3/c1-3-13(7-5-4-6-8-13)11-15-12-14-9-10-16(12)2/h3-11H2,1-2H3,(H,14,15). The van der Waals surface area contributed by atoms with E-state index >= 15 is 0 Å². The number of guanidine groups is 1. The Labute approximate surface area is 99.3 Å². The van der Waals surface area contributed by atoms with E-state index in [1.165, 1.54) is 38.5 Å². The molecule has 0 atom stereocenters. The molecule has 0 aromatic heterocycles. The Bertz CT molecular complexity index is 254. The smallest absolute Gasteiger partial charge is 0.193 e. The lowest BCUT2D eigenvalue weighted by atomic mass is 9.72. The van der Waals surface area contributed by atoms with Gasteiger partial charge >= 0.3 is 0 Å². The van der Waals surface area contributed by atoms with E-state index in [2.05, 4.69) is 29.2 Å². The Hall–Kier alpha value is -0.730. The molecule has 0 aromatic rings. The SMILES string of the molecule is CCC1(CNC2=NCCN2C)CCCCC1. The van der Waals surface area contributed by atoms with Crippen molar-refractivity contribution in [3.63, 3.8) is 0 Å². The number of rotatable bonds is 3. The molecule has 3 nitrogen and oxygen atoms in total. The molecule has 0 amide bonds. The van der Waals surface area contributed by atoms with E-state index in [0.29, 0.717) is 5.41 Å². The Morgan fingerprint density at radius 2 is 2.06 bits per heavy atom. The van der Waals surface area contributed by atoms with Crippen LogP contribution in [0.5, 0.6) is 0 Å². The van der Waals surface area contributed by atoms with E-state index in [1.54, 1.807) is 0 Å². The lowest BCUT2D eigenvalue weighted by Crippen LogP contribution is -2.43. The summed E-state index contributed by atoms with van der Waals surface area (Å²) in [5.74, 6) is 1.11. The first-order valence-corrected chi connectivity index (χ1v) is 6.75. The molecule has 1 heterocycles. The van der Waals surface area contributed by atoms with Gasteiger partial charge in [-0.15, -0.1) is 0 Å². The van der Waals surface area contributed by atoms with Gasteiger partial charge in [0.2, 0.25) is 0 Å². The third-order valence-electron chi connectivity index (χ3n) is 4.34. The maximum atomic E-state index is 4.50. The zero-order valence-corrected chi connectivity index (χ0v) is 10.8. The number of hydrogen-bond donors (Lipinski definition) is 1. The van der Waals surface area contributed by atoms with Crippen LogP contribution in [0.4, 0.5) is 0 Å². The molecule has 1 fully saturated rings. The maximum absolute atomic E-state index is 4.50. The molecule has 0 bridgehead atoms. The van der Waals surface area contributed by atoms with Crippen LogP contribution in [0.15, 0.2) is 4.99 Å². The first-order valence-electron chi connectivity index (χ1n) is 6.75. The third kappa shape index (κ3) is 2.50. The second-order valence-corrected chi connectivity index (χ2v) is 5.39. The number of nitrogens with zero attached hydrogens (tertiary/aromatic N) is 2. The van der Waals surface area contributed by atoms with Crippen LogP contribution in [0.25, 0.3) is 0 Å². The summed E-state index contributed by atoms with van der Waals surface area (Å²) in [6.07, 6.45) is 8.36. The minimum Gasteiger partial charge on any atom is -0.356 e. The summed E-state index contributed by atoms with van der Waals surface area (Å²) in [6, 6.07) is 0. The van der Waals surface area contributed by atoms with Crippen molar-refractivity contribution in [3.05, 3.63) is 0 Å². The fourth-order valence-corrected chi connectivity index (χ4v) is 2.95. The molecule has 0 unspecified atom stereocenters. The predicted molar refractivity (Wildman–Crippen MR) is 68.7 cm³/mol. The summed E-state index contributed by atoms with van der Waals surface area (Å²) in [7, 11) is 2.12. The molecule has 1 saturated carbocycles. The minimum atomic E-state index is 0.546. The molecule has 0 aromatic carbocycles. The first kappa shape index (κ1) is 11.7. The van der Waals surface area contributed by atoms with Gasteiger partial charge in [0.1, 0.15) is 0 Å². The molecular formula is C13H25N3. The number of hydrogen-bond acceptors (Lipinski definition) is 3. The Morgan fingerprint density at radius 1 is 1.31 bits per heavy atom. The third-order valence-corrected chi connectivity index (χ3v) is 4.34. The van der Waals surface area contributed by atoms with Crippen molar-refractivity contribution in [2.24, 2.45) is 10.4 Å². The Kier molecular flexibility index (Phi) is 3.72. The monoisotopic (exact) mass is 223 g/mol. The molecule has 92 valence electrons. The fourth-order valence-electron chi connectivity index (χ4n) is 2.95. The average Bonchev–Trinajstić information content (AvgIpc) is 2.74. The van der Waals surface area contributed by atoms with Crippen molar-refractivity contribution < 1.29 is 0 Å². The van der Waals surface area contributed by atoms with Gasteiger partial charge in [-0.2, -0.15) is 0 Å². The highest BCUT2D eigenvalue weighted by Crippen LogP contribution is 2.38. The van der Waals surface area contributed by atoms with Crippen LogP contribution >= 0.6 is 0 Å². The lowest BCUT2D eigenvalue weighted by Gasteiger charge is -2.37. The quantitative estimate of drug-likeness (QED) is 0.794. The highest BCUT2D eigenvalue weighted by Gasteiger charge is 2.30. The van der Waals surface area contributed by atoms with E-state index < -0.39 is 0 Å². The molecule has 0 radical (unpaired) electrons. The first-order chi connectivity index (χ1) is 7.76. The fraction of sp³-hybridized carbons (Fsp3) is 0.923. The van der Waals surface area contributed by atoms with Crippen LogP contribution in [0.1, 0.15) is 45.4 Å². The lowest BCUT2D eigenvalue weighted by molar-refractivity contribution is 0.182. The predicted octanol–water partition coefficient (Wildman–Crippen LogP) is 2.24. The minimum absolute atomic E-state index is 0.546. The molecule has 0 saturated heterocycles. The van der Waals surface area contributed by atoms with Gasteiger partial charge in [0.15, 0.2) is 5.96 Å². The van der Waals surface area contributed by atoms with Gasteiger partial charge in [-0.1, -0.05) is 26.2 Å². The van der Waals surface area contributed by atoms with Crippen molar-refractivity contribution in [1.29, 1.82) is 0 Å². The average molecular weight is 223 g/mol. The molecule has 2 aliphatic rings. The summed E-state index contributed by atoms with van der Waals surface area (Å²) >= 11 is 0. The second-order valence-electron chi connectivity index (χ2n) is 5.39. The van der Waals surface area contributed by atoms with E-state index in [0.717, 1.165) is 25.6 Å². The summed E-state index contributed by atoms with van der Waals surface area (Å²) in [5, 5.41) is 3.57. The Balaban J connectivity index is 1.87. The molecular weight excluding hydrogens is 198 g/mol. The van der Waals surface area contributed by atoms with Crippen molar-refractivity contribution in [2.75, 3.05) is 26.7 Å².